The number of nitrogens with zero attached hydrogens (tertiary/aromatic N) is 3. The van der Waals surface area contributed by atoms with E-state index in [0.717, 1.165) is 44.5 Å². The van der Waals surface area contributed by atoms with Gasteiger partial charge in [-0.3, -0.25) is 14.6 Å². The number of carbonyl (C=O) groups is 3. The molecule has 0 bridgehead atoms. The normalized spacial score (nSPS) is 16.6. The van der Waals surface area contributed by atoms with Crippen molar-refractivity contribution in [2.75, 3.05) is 45.9 Å². The van der Waals surface area contributed by atoms with Gasteiger partial charge in [-0.1, -0.05) is 43.2 Å². The summed E-state index contributed by atoms with van der Waals surface area (Å²) in [5, 5.41) is 6.35. The molecular formula is C32H40FN5O5. The summed E-state index contributed by atoms with van der Waals surface area (Å²) in [6.45, 7) is 4.60. The molecule has 1 aliphatic carbocycles. The van der Waals surface area contributed by atoms with E-state index in [0.29, 0.717) is 49.9 Å². The number of aromatic nitrogens is 1. The Hall–Kier alpha value is -3.96. The first-order chi connectivity index (χ1) is 20.8. The van der Waals surface area contributed by atoms with Crippen LogP contribution in [0, 0.1) is 5.82 Å². The molecule has 10 nitrogen and oxygen atoms in total. The molecule has 3 aromatic rings. The van der Waals surface area contributed by atoms with Gasteiger partial charge >= 0.3 is 12.1 Å². The molecule has 2 fully saturated rings. The van der Waals surface area contributed by atoms with E-state index in [4.69, 9.17) is 9.47 Å². The van der Waals surface area contributed by atoms with Crippen LogP contribution in [0.5, 0.6) is 5.88 Å². The molecule has 0 spiro atoms. The third-order valence-electron chi connectivity index (χ3n) is 8.35. The second-order valence-electron chi connectivity index (χ2n) is 11.3. The van der Waals surface area contributed by atoms with Crippen LogP contribution in [0.4, 0.5) is 14.0 Å². The zero-order valence-corrected chi connectivity index (χ0v) is 24.6. The maximum atomic E-state index is 14.2. The van der Waals surface area contributed by atoms with Gasteiger partial charge in [-0.15, -0.1) is 0 Å². The van der Waals surface area contributed by atoms with Gasteiger partial charge in [0, 0.05) is 44.7 Å². The van der Waals surface area contributed by atoms with E-state index in [1.165, 1.54) is 17.0 Å². The van der Waals surface area contributed by atoms with E-state index in [1.807, 2.05) is 30.3 Å². The van der Waals surface area contributed by atoms with E-state index in [2.05, 4.69) is 15.5 Å². The molecule has 1 saturated heterocycles. The summed E-state index contributed by atoms with van der Waals surface area (Å²) in [5.41, 5.74) is 0.434. The fourth-order valence-electron chi connectivity index (χ4n) is 5.94. The van der Waals surface area contributed by atoms with Crippen molar-refractivity contribution in [3.8, 4) is 5.88 Å². The highest BCUT2D eigenvalue weighted by atomic mass is 19.1. The minimum absolute atomic E-state index is 0.172. The Morgan fingerprint density at radius 3 is 2.53 bits per heavy atom. The van der Waals surface area contributed by atoms with Gasteiger partial charge in [0.2, 0.25) is 5.88 Å². The second kappa shape index (κ2) is 14.0. The Bertz CT molecular complexity index is 1420. The highest BCUT2D eigenvalue weighted by molar-refractivity contribution is 6.01. The Morgan fingerprint density at radius 1 is 1.05 bits per heavy atom. The van der Waals surface area contributed by atoms with Crippen LogP contribution in [0.1, 0.15) is 37.7 Å². The number of hydrogen-bond donors (Lipinski definition) is 2. The van der Waals surface area contributed by atoms with Gasteiger partial charge in [-0.05, 0) is 56.0 Å². The summed E-state index contributed by atoms with van der Waals surface area (Å²) in [4.78, 5) is 44.4. The van der Waals surface area contributed by atoms with Crippen molar-refractivity contribution in [3.05, 3.63) is 66.0 Å². The molecule has 0 unspecified atom stereocenters. The summed E-state index contributed by atoms with van der Waals surface area (Å²) in [7, 11) is 1.72. The fraction of sp³-hybridized carbons (Fsp3) is 0.469. The maximum absolute atomic E-state index is 14.2. The Kier molecular flexibility index (Phi) is 9.93. The lowest BCUT2D eigenvalue weighted by molar-refractivity contribution is -0.135. The van der Waals surface area contributed by atoms with Crippen LogP contribution in [-0.4, -0.2) is 83.9 Å². The van der Waals surface area contributed by atoms with Crippen LogP contribution in [0.2, 0.25) is 0 Å². The molecule has 43 heavy (non-hydrogen) atoms. The molecule has 1 saturated carbocycles. The number of hydrogen-bond acceptors (Lipinski definition) is 6. The van der Waals surface area contributed by atoms with E-state index >= 15 is 0 Å². The number of benzene rings is 2. The SMILES string of the molecule is Cn1c(OC(=O)NC2(C(=O)N(CCc3ccccc3)C(=O)NCCCN3CCOCC3)CCCC2)cc2cc(F)ccc21. The minimum Gasteiger partial charge on any atom is -0.393 e. The first-order valence-corrected chi connectivity index (χ1v) is 15.0. The average Bonchev–Trinajstić information content (AvgIpc) is 3.60. The quantitative estimate of drug-likeness (QED) is 0.341. The van der Waals surface area contributed by atoms with Crippen LogP contribution in [0.25, 0.3) is 10.9 Å². The van der Waals surface area contributed by atoms with Gasteiger partial charge in [0.1, 0.15) is 11.4 Å². The van der Waals surface area contributed by atoms with Gasteiger partial charge in [0.05, 0.1) is 18.7 Å². The average molecular weight is 594 g/mol. The zero-order valence-electron chi connectivity index (χ0n) is 24.6. The molecule has 11 heteroatoms. The predicted molar refractivity (Wildman–Crippen MR) is 160 cm³/mol. The van der Waals surface area contributed by atoms with Gasteiger partial charge in [0.25, 0.3) is 5.91 Å². The third kappa shape index (κ3) is 7.52. The van der Waals surface area contributed by atoms with Gasteiger partial charge in [-0.2, -0.15) is 0 Å². The monoisotopic (exact) mass is 593 g/mol. The lowest BCUT2D eigenvalue weighted by atomic mass is 9.95. The number of rotatable bonds is 10. The fourth-order valence-corrected chi connectivity index (χ4v) is 5.94. The number of morpholine rings is 1. The third-order valence-corrected chi connectivity index (χ3v) is 8.35. The molecule has 1 aliphatic heterocycles. The maximum Gasteiger partial charge on any atom is 0.414 e. The van der Waals surface area contributed by atoms with Gasteiger partial charge in [0.15, 0.2) is 0 Å². The summed E-state index contributed by atoms with van der Waals surface area (Å²) in [5.74, 6) is -0.611. The molecule has 0 radical (unpaired) electrons. The number of aryl methyl sites for hydroxylation is 1. The molecular weight excluding hydrogens is 553 g/mol. The van der Waals surface area contributed by atoms with Crippen molar-refractivity contribution in [1.29, 1.82) is 0 Å². The zero-order chi connectivity index (χ0) is 30.2. The Morgan fingerprint density at radius 2 is 1.79 bits per heavy atom. The summed E-state index contributed by atoms with van der Waals surface area (Å²) < 4.78 is 26.4. The first kappa shape index (κ1) is 30.5. The summed E-state index contributed by atoms with van der Waals surface area (Å²) >= 11 is 0. The largest absolute Gasteiger partial charge is 0.414 e. The minimum atomic E-state index is -1.27. The van der Waals surface area contributed by atoms with Crippen LogP contribution in [-0.2, 0) is 23.0 Å². The highest BCUT2D eigenvalue weighted by Crippen LogP contribution is 2.32. The van der Waals surface area contributed by atoms with Crippen molar-refractivity contribution in [2.45, 2.75) is 44.1 Å². The van der Waals surface area contributed by atoms with Crippen LogP contribution in [0.3, 0.4) is 0 Å². The number of amides is 4. The van der Waals surface area contributed by atoms with Crippen molar-refractivity contribution in [2.24, 2.45) is 7.05 Å². The topological polar surface area (TPSA) is 105 Å². The van der Waals surface area contributed by atoms with Crippen molar-refractivity contribution < 1.29 is 28.2 Å². The molecule has 2 aromatic carbocycles. The van der Waals surface area contributed by atoms with Crippen molar-refractivity contribution in [3.63, 3.8) is 0 Å². The summed E-state index contributed by atoms with van der Waals surface area (Å²) in [6, 6.07) is 15.1. The standard InChI is InChI=1S/C32H40FN5O5/c1-36-27-11-10-26(33)22-25(27)23-28(36)43-31(41)35-32(13-5-6-14-32)29(39)38(17-12-24-8-3-2-4-9-24)30(40)34-15-7-16-37-18-20-42-21-19-37/h2-4,8-11,22-23H,5-7,12-21H2,1H3,(H,34,40)(H,35,41). The smallest absolute Gasteiger partial charge is 0.393 e. The first-order valence-electron chi connectivity index (χ1n) is 15.0. The number of imide groups is 1. The lowest BCUT2D eigenvalue weighted by Crippen LogP contribution is -2.61. The van der Waals surface area contributed by atoms with Crippen molar-refractivity contribution in [1.82, 2.24) is 25.0 Å². The predicted octanol–water partition coefficient (Wildman–Crippen LogP) is 4.22. The van der Waals surface area contributed by atoms with Crippen LogP contribution in [0.15, 0.2) is 54.6 Å². The van der Waals surface area contributed by atoms with Crippen LogP contribution >= 0.6 is 0 Å². The molecule has 2 aliphatic rings. The Balaban J connectivity index is 1.27. The van der Waals surface area contributed by atoms with Gasteiger partial charge < -0.3 is 24.7 Å². The highest BCUT2D eigenvalue weighted by Gasteiger charge is 2.47. The van der Waals surface area contributed by atoms with Crippen LogP contribution < -0.4 is 15.4 Å². The van der Waals surface area contributed by atoms with E-state index in [-0.39, 0.29) is 18.2 Å². The molecule has 4 amide bonds. The molecule has 0 atom stereocenters. The van der Waals surface area contributed by atoms with E-state index in [1.54, 1.807) is 23.7 Å². The van der Waals surface area contributed by atoms with Gasteiger partial charge in [-0.25, -0.2) is 14.0 Å². The molecule has 1 aromatic heterocycles. The Labute approximate surface area is 251 Å². The number of carbonyl (C=O) groups excluding carboxylic acids is 3. The molecule has 2 heterocycles. The van der Waals surface area contributed by atoms with E-state index in [9.17, 15) is 18.8 Å². The number of nitrogens with one attached hydrogen (secondary N) is 2. The summed E-state index contributed by atoms with van der Waals surface area (Å²) in [6.07, 6.45) is 2.69. The molecule has 5 rings (SSSR count). The lowest BCUT2D eigenvalue weighted by Gasteiger charge is -2.34. The molecule has 230 valence electrons. The number of ether oxygens (including phenoxy) is 2. The number of halogens is 1. The second-order valence-corrected chi connectivity index (χ2v) is 11.3. The molecule has 2 N–H and O–H groups in total. The number of fused-ring (bicyclic) bond motifs is 1. The number of urea groups is 1. The van der Waals surface area contributed by atoms with Crippen molar-refractivity contribution >= 4 is 28.9 Å². The van der Waals surface area contributed by atoms with E-state index < -0.39 is 23.6 Å².